The second kappa shape index (κ2) is 7.58. The molecule has 0 aliphatic heterocycles. The number of hydrogen-bond acceptors (Lipinski definition) is 6. The summed E-state index contributed by atoms with van der Waals surface area (Å²) in [5.74, 6) is 0.285. The maximum atomic E-state index is 11.6. The van der Waals surface area contributed by atoms with Gasteiger partial charge >= 0.3 is 149 Å². The third kappa shape index (κ3) is 4.31. The normalized spacial score (nSPS) is 12.6. The summed E-state index contributed by atoms with van der Waals surface area (Å²) in [5.41, 5.74) is 0.951. The predicted octanol–water partition coefficient (Wildman–Crippen LogP) is -0.782. The molecule has 8 nitrogen and oxygen atoms in total. The fourth-order valence-corrected chi connectivity index (χ4v) is 3.28. The van der Waals surface area contributed by atoms with Crippen LogP contribution in [0.15, 0.2) is 41.6 Å². The second-order valence-electron chi connectivity index (χ2n) is 4.48. The molecular weight excluding hydrogens is 423 g/mol. The molecule has 0 radical (unpaired) electrons. The van der Waals surface area contributed by atoms with Crippen LogP contribution < -0.4 is 13.9 Å². The van der Waals surface area contributed by atoms with Crippen molar-refractivity contribution in [3.8, 4) is 11.1 Å². The van der Waals surface area contributed by atoms with Crippen LogP contribution in [0.25, 0.3) is 11.1 Å². The Balaban J connectivity index is 2.61. The molecule has 0 aliphatic carbocycles. The second-order valence-corrected chi connectivity index (χ2v) is 7.96. The van der Waals surface area contributed by atoms with Crippen LogP contribution in [0.3, 0.4) is 0 Å². The van der Waals surface area contributed by atoms with E-state index in [9.17, 15) is 17.2 Å². The predicted molar refractivity (Wildman–Crippen MR) is 84.8 cm³/mol. The van der Waals surface area contributed by atoms with E-state index in [1.54, 1.807) is 19.2 Å². The molecular formula is C13H14N2O6S2Se. The van der Waals surface area contributed by atoms with E-state index in [-0.39, 0.29) is 10.6 Å². The van der Waals surface area contributed by atoms with Gasteiger partial charge in [0.05, 0.1) is 0 Å². The van der Waals surface area contributed by atoms with E-state index >= 15 is 0 Å². The fraction of sp³-hybridized carbons (Fsp3) is 0.231. The van der Waals surface area contributed by atoms with Crippen molar-refractivity contribution >= 4 is 36.8 Å². The first-order valence-corrected chi connectivity index (χ1v) is 10.1. The molecule has 130 valence electrons. The molecule has 24 heavy (non-hydrogen) atoms. The summed E-state index contributed by atoms with van der Waals surface area (Å²) < 4.78 is 53.4. The number of aromatic nitrogens is 2. The molecule has 2 aromatic rings. The molecule has 2 rings (SSSR count). The minimum absolute atomic E-state index is 0.285. The Labute approximate surface area is 149 Å². The van der Waals surface area contributed by atoms with E-state index in [1.807, 2.05) is 0 Å². The zero-order chi connectivity index (χ0) is 17.9. The van der Waals surface area contributed by atoms with Gasteiger partial charge in [0.2, 0.25) is 0 Å². The molecule has 1 heterocycles. The number of benzene rings is 1. The Bertz CT molecular complexity index is 942. The molecule has 0 aliphatic rings. The summed E-state index contributed by atoms with van der Waals surface area (Å²) in [6.07, 6.45) is 3.07. The molecule has 0 fully saturated rings. The van der Waals surface area contributed by atoms with Gasteiger partial charge in [0.15, 0.2) is 0 Å². The van der Waals surface area contributed by atoms with Gasteiger partial charge in [0.1, 0.15) is 0 Å². The van der Waals surface area contributed by atoms with Crippen LogP contribution in [0.2, 0.25) is 0 Å². The van der Waals surface area contributed by atoms with E-state index in [0.717, 1.165) is 0 Å². The van der Waals surface area contributed by atoms with Crippen molar-refractivity contribution in [1.82, 2.24) is 4.73 Å². The average molecular weight is 437 g/mol. The van der Waals surface area contributed by atoms with Crippen LogP contribution in [-0.4, -0.2) is 50.3 Å². The van der Waals surface area contributed by atoms with Gasteiger partial charge in [-0.25, -0.2) is 0 Å². The summed E-state index contributed by atoms with van der Waals surface area (Å²) in [4.78, 5) is 4.82. The van der Waals surface area contributed by atoms with Crippen molar-refractivity contribution in [1.29, 1.82) is 0 Å². The van der Waals surface area contributed by atoms with Gasteiger partial charge < -0.3 is 0 Å². The van der Waals surface area contributed by atoms with Crippen molar-refractivity contribution in [2.45, 2.75) is 11.8 Å². The standard InChI is InChI=1S/C13H14N2O6S2Se/c1-3-22(16)21-15-9-11(8-14(20-2)13(15)24)10-5-4-6-12(7-10)23(17,18)19/h4-9H,3H2,1-2H3. The van der Waals surface area contributed by atoms with Gasteiger partial charge in [-0.3, -0.25) is 0 Å². The van der Waals surface area contributed by atoms with Crippen LogP contribution in [-0.2, 0) is 21.2 Å². The van der Waals surface area contributed by atoms with Crippen molar-refractivity contribution in [2.75, 3.05) is 12.9 Å². The van der Waals surface area contributed by atoms with E-state index in [4.69, 9.17) is 9.12 Å². The van der Waals surface area contributed by atoms with Gasteiger partial charge in [-0.05, 0) is 0 Å². The monoisotopic (exact) mass is 438 g/mol. The summed E-state index contributed by atoms with van der Waals surface area (Å²) in [6.45, 7) is 1.70. The molecule has 0 saturated carbocycles. The summed E-state index contributed by atoms with van der Waals surface area (Å²) in [6, 6.07) is 5.55. The first-order valence-electron chi connectivity index (χ1n) is 6.62. The molecule has 0 amide bonds. The third-order valence-electron chi connectivity index (χ3n) is 2.94. The first-order chi connectivity index (χ1) is 11.3. The molecule has 1 aromatic carbocycles. The topological polar surface area (TPSA) is 102 Å². The third-order valence-corrected chi connectivity index (χ3v) is 5.33. The molecule has 0 N–H and O–H groups in total. The molecule has 1 unspecified atom stereocenters. The Morgan fingerprint density at radius 2 is 2.08 bits per heavy atom. The van der Waals surface area contributed by atoms with Crippen molar-refractivity contribution in [2.24, 2.45) is 0 Å². The van der Waals surface area contributed by atoms with E-state index < -0.39 is 21.2 Å². The average Bonchev–Trinajstić information content (AvgIpc) is 2.55. The van der Waals surface area contributed by atoms with Crippen molar-refractivity contribution in [3.05, 3.63) is 41.0 Å². The zero-order valence-corrected chi connectivity index (χ0v) is 16.1. The molecule has 1 aromatic heterocycles. The summed E-state index contributed by atoms with van der Waals surface area (Å²) >= 11 is 1.18. The molecule has 0 bridgehead atoms. The van der Waals surface area contributed by atoms with Crippen LogP contribution in [0.1, 0.15) is 6.92 Å². The number of hydrogen-bond donors (Lipinski definition) is 0. The SMILES string of the molecule is CCS(=O)O[n+]1cc(-c2cccc(S(=O)(=O)[O-])c2)cn(OC)c1=[Se]. The van der Waals surface area contributed by atoms with Gasteiger partial charge in [-0.2, -0.15) is 0 Å². The molecule has 0 saturated heterocycles. The van der Waals surface area contributed by atoms with Crippen LogP contribution >= 0.6 is 0 Å². The molecule has 1 atom stereocenters. The van der Waals surface area contributed by atoms with E-state index in [0.29, 0.717) is 15.5 Å². The minimum atomic E-state index is -4.57. The molecule has 0 spiro atoms. The van der Waals surface area contributed by atoms with Gasteiger partial charge in [-0.15, -0.1) is 0 Å². The van der Waals surface area contributed by atoms with Gasteiger partial charge in [-0.1, -0.05) is 0 Å². The Hall–Kier alpha value is -1.52. The van der Waals surface area contributed by atoms with Crippen molar-refractivity contribution < 1.29 is 31.0 Å². The Morgan fingerprint density at radius 3 is 2.67 bits per heavy atom. The summed E-state index contributed by atoms with van der Waals surface area (Å²) in [5, 5.41) is 0. The maximum absolute atomic E-state index is 11.6. The Morgan fingerprint density at radius 1 is 1.38 bits per heavy atom. The fourth-order valence-electron chi connectivity index (χ4n) is 1.80. The zero-order valence-electron chi connectivity index (χ0n) is 12.7. The van der Waals surface area contributed by atoms with Gasteiger partial charge in [0.25, 0.3) is 0 Å². The Kier molecular flexibility index (Phi) is 5.94. The van der Waals surface area contributed by atoms with Crippen LogP contribution in [0, 0.1) is 4.32 Å². The van der Waals surface area contributed by atoms with E-state index in [2.05, 4.69) is 15.6 Å². The summed E-state index contributed by atoms with van der Waals surface area (Å²) in [7, 11) is -3.15. The quantitative estimate of drug-likeness (QED) is 0.334. The van der Waals surface area contributed by atoms with Crippen LogP contribution in [0.4, 0.5) is 0 Å². The van der Waals surface area contributed by atoms with Gasteiger partial charge in [0, 0.05) is 0 Å². The van der Waals surface area contributed by atoms with Crippen molar-refractivity contribution in [3.63, 3.8) is 0 Å². The number of rotatable bonds is 6. The van der Waals surface area contributed by atoms with E-state index in [1.165, 1.54) is 41.0 Å². The first kappa shape index (κ1) is 18.8. The van der Waals surface area contributed by atoms with Crippen LogP contribution in [0.5, 0.6) is 0 Å². The number of nitrogens with zero attached hydrogens (tertiary/aromatic N) is 2. The molecule has 11 heteroatoms.